The van der Waals surface area contributed by atoms with Crippen LogP contribution >= 0.6 is 12.4 Å². The van der Waals surface area contributed by atoms with Crippen LogP contribution < -0.4 is 21.4 Å². The molecule has 1 saturated heterocycles. The van der Waals surface area contributed by atoms with Crippen molar-refractivity contribution in [3.8, 4) is 0 Å². The van der Waals surface area contributed by atoms with E-state index in [2.05, 4.69) is 10.3 Å². The number of amides is 1. The van der Waals surface area contributed by atoms with Gasteiger partial charge in [0.25, 0.3) is 0 Å². The Morgan fingerprint density at radius 2 is 1.97 bits per heavy atom. The maximum absolute atomic E-state index is 14.9. The van der Waals surface area contributed by atoms with Crippen molar-refractivity contribution in [3.63, 3.8) is 0 Å². The van der Waals surface area contributed by atoms with Gasteiger partial charge in [-0.05, 0) is 31.2 Å². The molecule has 2 aromatic rings. The number of carbonyl (C=O) groups excluding carboxylic acids is 1. The number of carboxylic acids is 1. The average Bonchev–Trinajstić information content (AvgIpc) is 3.46. The Bertz CT molecular complexity index is 1120. The summed E-state index contributed by atoms with van der Waals surface area (Å²) in [7, 11) is 0. The van der Waals surface area contributed by atoms with E-state index < -0.39 is 28.8 Å². The van der Waals surface area contributed by atoms with Gasteiger partial charge in [-0.1, -0.05) is 13.8 Å². The first-order valence-corrected chi connectivity index (χ1v) is 10.5. The molecule has 2 fully saturated rings. The molecule has 1 amide bonds. The molecule has 182 valence electrons. The highest BCUT2D eigenvalue weighted by molar-refractivity contribution is 5.92. The van der Waals surface area contributed by atoms with E-state index in [0.717, 1.165) is 18.9 Å². The van der Waals surface area contributed by atoms with Crippen molar-refractivity contribution in [2.45, 2.75) is 51.2 Å². The lowest BCUT2D eigenvalue weighted by Crippen LogP contribution is -2.48. The fraction of sp³-hybridized carbons (Fsp3) is 0.524. The summed E-state index contributed by atoms with van der Waals surface area (Å²) in [6, 6.07) is 0.330. The van der Waals surface area contributed by atoms with E-state index in [9.17, 15) is 23.9 Å². The van der Waals surface area contributed by atoms with Crippen molar-refractivity contribution in [1.82, 2.24) is 14.9 Å². The number of nitrogens with two attached hydrogens (primary N) is 1. The number of nitrogens with zero attached hydrogens (tertiary/aromatic N) is 3. The zero-order valence-electron chi connectivity index (χ0n) is 18.4. The SMILES string of the molecule is CC(C)[C@H](N)C(=O)NC1CCN(c2nc3c(cc2F)c(=O)c(C(=O)O)cn3C2CC2)C1.Cl.O. The predicted molar refractivity (Wildman–Crippen MR) is 124 cm³/mol. The number of fused-ring (bicyclic) bond motifs is 1. The standard InChI is InChI=1S/C21H26FN5O4.ClH.H2O/c1-10(2)16(23)20(29)24-11-5-6-26(8-11)19-15(22)7-13-17(28)14(21(30)31)9-27(12-3-4-12)18(13)25-19;;/h7,9-12,16H,3-6,8,23H2,1-2H3,(H,24,29)(H,30,31);1H;1H2/t11?,16-;;/m0../s1. The monoisotopic (exact) mass is 485 g/mol. The normalized spacial score (nSPS) is 18.6. The van der Waals surface area contributed by atoms with Crippen LogP contribution in [0.4, 0.5) is 10.2 Å². The highest BCUT2D eigenvalue weighted by atomic mass is 35.5. The highest BCUT2D eigenvalue weighted by Crippen LogP contribution is 2.37. The summed E-state index contributed by atoms with van der Waals surface area (Å²) in [6.07, 6.45) is 3.61. The molecule has 1 unspecified atom stereocenters. The van der Waals surface area contributed by atoms with Gasteiger partial charge < -0.3 is 31.1 Å². The molecule has 2 aromatic heterocycles. The number of halogens is 2. The first kappa shape index (κ1) is 26.5. The minimum Gasteiger partial charge on any atom is -0.477 e. The van der Waals surface area contributed by atoms with Crippen molar-refractivity contribution in [1.29, 1.82) is 0 Å². The molecule has 33 heavy (non-hydrogen) atoms. The van der Waals surface area contributed by atoms with Gasteiger partial charge in [0.2, 0.25) is 11.3 Å². The first-order valence-electron chi connectivity index (χ1n) is 10.5. The second-order valence-corrected chi connectivity index (χ2v) is 8.69. The summed E-state index contributed by atoms with van der Waals surface area (Å²) < 4.78 is 16.6. The number of hydrogen-bond donors (Lipinski definition) is 3. The van der Waals surface area contributed by atoms with Gasteiger partial charge >= 0.3 is 5.97 Å². The number of aromatic carboxylic acids is 1. The van der Waals surface area contributed by atoms with E-state index in [0.29, 0.717) is 19.5 Å². The molecule has 3 heterocycles. The Morgan fingerprint density at radius 1 is 1.30 bits per heavy atom. The van der Waals surface area contributed by atoms with E-state index in [4.69, 9.17) is 5.73 Å². The van der Waals surface area contributed by atoms with Gasteiger partial charge in [-0.2, -0.15) is 0 Å². The third kappa shape index (κ3) is 5.10. The van der Waals surface area contributed by atoms with Crippen LogP contribution in [-0.2, 0) is 4.79 Å². The summed E-state index contributed by atoms with van der Waals surface area (Å²) in [5, 5.41) is 12.2. The van der Waals surface area contributed by atoms with Gasteiger partial charge in [0.15, 0.2) is 11.6 Å². The molecule has 10 nitrogen and oxygen atoms in total. The Balaban J connectivity index is 0.00000193. The number of anilines is 1. The van der Waals surface area contributed by atoms with Crippen LogP contribution in [0.1, 0.15) is 49.5 Å². The second-order valence-electron chi connectivity index (χ2n) is 8.69. The van der Waals surface area contributed by atoms with Crippen LogP contribution in [0, 0.1) is 11.7 Å². The summed E-state index contributed by atoms with van der Waals surface area (Å²) in [4.78, 5) is 42.4. The van der Waals surface area contributed by atoms with Gasteiger partial charge in [-0.3, -0.25) is 9.59 Å². The van der Waals surface area contributed by atoms with E-state index in [1.54, 1.807) is 9.47 Å². The lowest BCUT2D eigenvalue weighted by Gasteiger charge is -2.21. The van der Waals surface area contributed by atoms with E-state index in [-0.39, 0.29) is 58.6 Å². The van der Waals surface area contributed by atoms with Gasteiger partial charge in [0.05, 0.1) is 11.4 Å². The topological polar surface area (TPSA) is 162 Å². The largest absolute Gasteiger partial charge is 0.477 e. The van der Waals surface area contributed by atoms with Gasteiger partial charge in [-0.15, -0.1) is 12.4 Å². The Morgan fingerprint density at radius 3 is 2.55 bits per heavy atom. The lowest BCUT2D eigenvalue weighted by atomic mass is 10.0. The molecule has 1 saturated carbocycles. The van der Waals surface area contributed by atoms with Gasteiger partial charge in [0.1, 0.15) is 11.2 Å². The predicted octanol–water partition coefficient (Wildman–Crippen LogP) is 0.844. The molecule has 0 radical (unpaired) electrons. The summed E-state index contributed by atoms with van der Waals surface area (Å²) in [5.41, 5.74) is 5.04. The smallest absolute Gasteiger partial charge is 0.341 e. The van der Waals surface area contributed by atoms with Gasteiger partial charge in [0, 0.05) is 31.4 Å². The van der Waals surface area contributed by atoms with Crippen LogP contribution in [0.15, 0.2) is 17.1 Å². The molecule has 0 aromatic carbocycles. The van der Waals surface area contributed by atoms with Crippen molar-refractivity contribution < 1.29 is 24.6 Å². The summed E-state index contributed by atoms with van der Waals surface area (Å²) in [6.45, 7) is 4.59. The van der Waals surface area contributed by atoms with Crippen molar-refractivity contribution in [2.75, 3.05) is 18.0 Å². The van der Waals surface area contributed by atoms with E-state index in [1.807, 2.05) is 13.8 Å². The van der Waals surface area contributed by atoms with Crippen LogP contribution in [0.3, 0.4) is 0 Å². The number of pyridine rings is 2. The Hall–Kier alpha value is -2.76. The minimum atomic E-state index is -1.34. The minimum absolute atomic E-state index is 0. The highest BCUT2D eigenvalue weighted by Gasteiger charge is 2.31. The summed E-state index contributed by atoms with van der Waals surface area (Å²) in [5.74, 6) is -2.18. The van der Waals surface area contributed by atoms with E-state index >= 15 is 0 Å². The number of hydrogen-bond acceptors (Lipinski definition) is 6. The maximum atomic E-state index is 14.9. The Kier molecular flexibility index (Phi) is 8.04. The summed E-state index contributed by atoms with van der Waals surface area (Å²) >= 11 is 0. The number of carbonyl (C=O) groups is 2. The first-order chi connectivity index (χ1) is 14.7. The van der Waals surface area contributed by atoms with Crippen molar-refractivity contribution in [2.24, 2.45) is 11.7 Å². The van der Waals surface area contributed by atoms with Crippen LogP contribution in [0.5, 0.6) is 0 Å². The van der Waals surface area contributed by atoms with Crippen LogP contribution in [-0.4, -0.2) is 57.2 Å². The number of rotatable bonds is 6. The molecule has 2 aliphatic rings. The van der Waals surface area contributed by atoms with Gasteiger partial charge in [-0.25, -0.2) is 14.2 Å². The molecule has 0 bridgehead atoms. The third-order valence-corrected chi connectivity index (χ3v) is 5.97. The molecular weight excluding hydrogens is 457 g/mol. The van der Waals surface area contributed by atoms with Crippen LogP contribution in [0.2, 0.25) is 0 Å². The molecule has 4 rings (SSSR count). The number of nitrogens with one attached hydrogen (secondary N) is 1. The number of aromatic nitrogens is 2. The molecule has 1 aliphatic heterocycles. The molecule has 0 spiro atoms. The average molecular weight is 486 g/mol. The molecule has 12 heteroatoms. The second kappa shape index (κ2) is 10.0. The molecule has 6 N–H and O–H groups in total. The molecule has 2 atom stereocenters. The molecular formula is C21H29ClFN5O5. The fourth-order valence-electron chi connectivity index (χ4n) is 3.91. The lowest BCUT2D eigenvalue weighted by molar-refractivity contribution is -0.123. The van der Waals surface area contributed by atoms with Crippen molar-refractivity contribution in [3.05, 3.63) is 33.9 Å². The van der Waals surface area contributed by atoms with Crippen molar-refractivity contribution >= 4 is 41.1 Å². The molecule has 1 aliphatic carbocycles. The third-order valence-electron chi connectivity index (χ3n) is 5.97. The quantitative estimate of drug-likeness (QED) is 0.546. The Labute approximate surface area is 195 Å². The van der Waals surface area contributed by atoms with E-state index in [1.165, 1.54) is 6.20 Å². The fourth-order valence-corrected chi connectivity index (χ4v) is 3.91. The zero-order chi connectivity index (χ0) is 22.4. The zero-order valence-corrected chi connectivity index (χ0v) is 19.2. The number of carboxylic acid groups (broad SMARTS) is 1. The van der Waals surface area contributed by atoms with Crippen LogP contribution in [0.25, 0.3) is 11.0 Å². The maximum Gasteiger partial charge on any atom is 0.341 e.